The van der Waals surface area contributed by atoms with Crippen molar-refractivity contribution in [1.82, 2.24) is 23.7 Å². The number of rotatable bonds is 3. The van der Waals surface area contributed by atoms with Crippen LogP contribution in [0.25, 0.3) is 11.2 Å². The second kappa shape index (κ2) is 6.00. The molecule has 3 aromatic rings. The predicted octanol–water partition coefficient (Wildman–Crippen LogP) is 0.284. The highest BCUT2D eigenvalue weighted by Crippen LogP contribution is 2.20. The van der Waals surface area contributed by atoms with Crippen LogP contribution in [0.5, 0.6) is 0 Å². The number of hydrogen-bond donors (Lipinski definition) is 0. The molecule has 0 aromatic carbocycles. The van der Waals surface area contributed by atoms with Crippen molar-refractivity contribution in [3.8, 4) is 0 Å². The number of aromatic nitrogens is 5. The molecular formula is C16H17N5O4. The van der Waals surface area contributed by atoms with Gasteiger partial charge < -0.3 is 9.30 Å². The van der Waals surface area contributed by atoms with Gasteiger partial charge in [0.2, 0.25) is 0 Å². The molecule has 3 rings (SSSR count). The van der Waals surface area contributed by atoms with Gasteiger partial charge in [-0.2, -0.15) is 0 Å². The van der Waals surface area contributed by atoms with Gasteiger partial charge in [-0.1, -0.05) is 0 Å². The number of imidazole rings is 1. The van der Waals surface area contributed by atoms with Crippen molar-refractivity contribution in [3.63, 3.8) is 0 Å². The molecule has 0 N–H and O–H groups in total. The van der Waals surface area contributed by atoms with Gasteiger partial charge in [0.05, 0.1) is 5.56 Å². The Labute approximate surface area is 142 Å². The molecule has 9 heteroatoms. The van der Waals surface area contributed by atoms with Crippen molar-refractivity contribution in [3.05, 3.63) is 56.8 Å². The maximum absolute atomic E-state index is 12.4. The Bertz CT molecular complexity index is 1080. The van der Waals surface area contributed by atoms with Crippen LogP contribution in [0.1, 0.15) is 29.2 Å². The summed E-state index contributed by atoms with van der Waals surface area (Å²) >= 11 is 0. The molecular weight excluding hydrogens is 326 g/mol. The van der Waals surface area contributed by atoms with Crippen LogP contribution in [0.2, 0.25) is 0 Å². The standard InChI is InChI=1S/C16H17N5O4/c1-9(25-15(23)10-6-5-7-17-8-10)12-18-13-11(19(12)2)14(22)21(4)16(24)20(13)3/h5-9H,1-4H3. The first-order valence-electron chi connectivity index (χ1n) is 7.56. The molecule has 0 aliphatic heterocycles. The highest BCUT2D eigenvalue weighted by atomic mass is 16.5. The maximum atomic E-state index is 12.4. The average Bonchev–Trinajstić information content (AvgIpc) is 2.96. The molecule has 1 unspecified atom stereocenters. The van der Waals surface area contributed by atoms with Crippen LogP contribution >= 0.6 is 0 Å². The lowest BCUT2D eigenvalue weighted by Crippen LogP contribution is -2.37. The summed E-state index contributed by atoms with van der Waals surface area (Å²) in [6, 6.07) is 3.23. The molecule has 3 aromatic heterocycles. The van der Waals surface area contributed by atoms with Crippen LogP contribution in [-0.2, 0) is 25.9 Å². The molecule has 0 saturated heterocycles. The fraction of sp³-hybridized carbons (Fsp3) is 0.312. The molecule has 25 heavy (non-hydrogen) atoms. The molecule has 0 aliphatic carbocycles. The van der Waals surface area contributed by atoms with Crippen molar-refractivity contribution in [2.45, 2.75) is 13.0 Å². The van der Waals surface area contributed by atoms with Gasteiger partial charge in [0.25, 0.3) is 5.56 Å². The Morgan fingerprint density at radius 1 is 1.16 bits per heavy atom. The molecule has 9 nitrogen and oxygen atoms in total. The van der Waals surface area contributed by atoms with Crippen molar-refractivity contribution < 1.29 is 9.53 Å². The van der Waals surface area contributed by atoms with Gasteiger partial charge in [0.1, 0.15) is 0 Å². The smallest absolute Gasteiger partial charge is 0.340 e. The van der Waals surface area contributed by atoms with E-state index in [0.717, 1.165) is 4.57 Å². The summed E-state index contributed by atoms with van der Waals surface area (Å²) in [5, 5.41) is 0. The van der Waals surface area contributed by atoms with Crippen molar-refractivity contribution in [1.29, 1.82) is 0 Å². The monoisotopic (exact) mass is 343 g/mol. The lowest BCUT2D eigenvalue weighted by atomic mass is 10.3. The van der Waals surface area contributed by atoms with Crippen LogP contribution in [-0.4, -0.2) is 29.6 Å². The molecule has 1 atom stereocenters. The van der Waals surface area contributed by atoms with E-state index in [1.165, 1.54) is 29.4 Å². The van der Waals surface area contributed by atoms with Crippen LogP contribution in [0.15, 0.2) is 34.1 Å². The van der Waals surface area contributed by atoms with E-state index in [1.807, 2.05) is 0 Å². The zero-order chi connectivity index (χ0) is 18.3. The third kappa shape index (κ3) is 2.63. The number of carbonyl (C=O) groups excluding carboxylic acids is 1. The summed E-state index contributed by atoms with van der Waals surface area (Å²) in [6.45, 7) is 1.65. The molecule has 130 valence electrons. The molecule has 0 amide bonds. The highest BCUT2D eigenvalue weighted by Gasteiger charge is 2.23. The number of aryl methyl sites for hydroxylation is 2. The zero-order valence-electron chi connectivity index (χ0n) is 14.3. The first-order chi connectivity index (χ1) is 11.8. The van der Waals surface area contributed by atoms with Gasteiger partial charge in [0.15, 0.2) is 23.1 Å². The van der Waals surface area contributed by atoms with E-state index >= 15 is 0 Å². The fourth-order valence-corrected chi connectivity index (χ4v) is 2.66. The Balaban J connectivity index is 2.05. The van der Waals surface area contributed by atoms with Gasteiger partial charge in [-0.05, 0) is 19.1 Å². The number of esters is 1. The Morgan fingerprint density at radius 2 is 1.88 bits per heavy atom. The summed E-state index contributed by atoms with van der Waals surface area (Å²) < 4.78 is 9.26. The molecule has 0 saturated carbocycles. The number of nitrogens with zero attached hydrogens (tertiary/aromatic N) is 5. The zero-order valence-corrected chi connectivity index (χ0v) is 14.3. The van der Waals surface area contributed by atoms with E-state index in [0.29, 0.717) is 11.4 Å². The second-order valence-electron chi connectivity index (χ2n) is 5.70. The van der Waals surface area contributed by atoms with E-state index in [9.17, 15) is 14.4 Å². The summed E-state index contributed by atoms with van der Waals surface area (Å²) in [5.41, 5.74) is -0.0949. The van der Waals surface area contributed by atoms with E-state index in [2.05, 4.69) is 9.97 Å². The molecule has 3 heterocycles. The van der Waals surface area contributed by atoms with Crippen molar-refractivity contribution >= 4 is 17.1 Å². The number of carbonyl (C=O) groups is 1. The summed E-state index contributed by atoms with van der Waals surface area (Å²) in [6.07, 6.45) is 2.25. The third-order valence-corrected chi connectivity index (χ3v) is 4.05. The third-order valence-electron chi connectivity index (χ3n) is 4.05. The van der Waals surface area contributed by atoms with Gasteiger partial charge in [-0.25, -0.2) is 14.6 Å². The number of ether oxygens (including phenoxy) is 1. The number of pyridine rings is 1. The molecule has 0 aliphatic rings. The van der Waals surface area contributed by atoms with E-state index in [-0.39, 0.29) is 11.2 Å². The van der Waals surface area contributed by atoms with Crippen molar-refractivity contribution in [2.75, 3.05) is 0 Å². The largest absolute Gasteiger partial charge is 0.451 e. The SMILES string of the molecule is CC(OC(=O)c1cccnc1)c1nc2c(c(=O)n(C)c(=O)n2C)n1C. The minimum Gasteiger partial charge on any atom is -0.451 e. The average molecular weight is 343 g/mol. The maximum Gasteiger partial charge on any atom is 0.340 e. The fourth-order valence-electron chi connectivity index (χ4n) is 2.66. The van der Waals surface area contributed by atoms with E-state index in [4.69, 9.17) is 4.74 Å². The highest BCUT2D eigenvalue weighted by molar-refractivity contribution is 5.89. The molecule has 0 radical (unpaired) electrons. The lowest BCUT2D eigenvalue weighted by Gasteiger charge is -2.12. The van der Waals surface area contributed by atoms with E-state index in [1.54, 1.807) is 32.3 Å². The summed E-state index contributed by atoms with van der Waals surface area (Å²) in [4.78, 5) is 44.8. The minimum atomic E-state index is -0.718. The Morgan fingerprint density at radius 3 is 2.52 bits per heavy atom. The Kier molecular flexibility index (Phi) is 3.99. The Hall–Kier alpha value is -3.23. The molecule has 0 spiro atoms. The number of hydrogen-bond acceptors (Lipinski definition) is 6. The van der Waals surface area contributed by atoms with Crippen LogP contribution in [0.4, 0.5) is 0 Å². The normalized spacial score (nSPS) is 12.3. The topological polar surface area (TPSA) is 101 Å². The van der Waals surface area contributed by atoms with Crippen LogP contribution < -0.4 is 11.2 Å². The van der Waals surface area contributed by atoms with Gasteiger partial charge in [0, 0.05) is 33.5 Å². The van der Waals surface area contributed by atoms with Gasteiger partial charge in [-0.3, -0.25) is 18.9 Å². The molecule has 0 fully saturated rings. The van der Waals surface area contributed by atoms with Gasteiger partial charge >= 0.3 is 11.7 Å². The predicted molar refractivity (Wildman–Crippen MR) is 89.3 cm³/mol. The summed E-state index contributed by atoms with van der Waals surface area (Å²) in [7, 11) is 4.58. The van der Waals surface area contributed by atoms with E-state index < -0.39 is 23.3 Å². The second-order valence-corrected chi connectivity index (χ2v) is 5.70. The van der Waals surface area contributed by atoms with Crippen molar-refractivity contribution in [2.24, 2.45) is 21.1 Å². The van der Waals surface area contributed by atoms with Gasteiger partial charge in [-0.15, -0.1) is 0 Å². The lowest BCUT2D eigenvalue weighted by molar-refractivity contribution is 0.0315. The first kappa shape index (κ1) is 16.6. The summed E-state index contributed by atoms with van der Waals surface area (Å²) in [5.74, 6) is -0.181. The first-order valence-corrected chi connectivity index (χ1v) is 7.56. The van der Waals surface area contributed by atoms with Crippen LogP contribution in [0.3, 0.4) is 0 Å². The minimum absolute atomic E-state index is 0.245. The molecule has 0 bridgehead atoms. The quantitative estimate of drug-likeness (QED) is 0.633. The van der Waals surface area contributed by atoms with Crippen LogP contribution in [0, 0.1) is 0 Å². The number of fused-ring (bicyclic) bond motifs is 1.